The first kappa shape index (κ1) is 9.31. The smallest absolute Gasteiger partial charge is 0.358 e. The molecule has 0 unspecified atom stereocenters. The van der Waals surface area contributed by atoms with Gasteiger partial charge in [0.15, 0.2) is 5.69 Å². The number of aryl methyl sites for hydroxylation is 1. The van der Waals surface area contributed by atoms with Crippen LogP contribution in [0.1, 0.15) is 16.2 Å². The third kappa shape index (κ3) is 1.98. The van der Waals surface area contributed by atoms with Crippen LogP contribution in [0.25, 0.3) is 0 Å². The maximum atomic E-state index is 10.5. The second-order valence-electron chi connectivity index (χ2n) is 2.99. The summed E-state index contributed by atoms with van der Waals surface area (Å²) < 4.78 is 2.96. The molecule has 2 heterocycles. The number of carbonyl (C=O) groups is 1. The summed E-state index contributed by atoms with van der Waals surface area (Å²) in [6, 6.07) is 0. The predicted octanol–water partition coefficient (Wildman–Crippen LogP) is -0.847. The van der Waals surface area contributed by atoms with Gasteiger partial charge >= 0.3 is 5.97 Å². The Hall–Kier alpha value is -2.25. The minimum atomic E-state index is -1.10. The lowest BCUT2D eigenvalue weighted by Gasteiger charge is -1.92. The van der Waals surface area contributed by atoms with Crippen LogP contribution < -0.4 is 0 Å². The monoisotopic (exact) mass is 208 g/mol. The predicted molar refractivity (Wildman–Crippen MR) is 47.1 cm³/mol. The summed E-state index contributed by atoms with van der Waals surface area (Å²) in [4.78, 5) is 10.5. The zero-order valence-corrected chi connectivity index (χ0v) is 7.90. The Labute approximate surface area is 84.1 Å². The molecule has 78 valence electrons. The average molecular weight is 208 g/mol. The van der Waals surface area contributed by atoms with Crippen molar-refractivity contribution in [3.63, 3.8) is 0 Å². The van der Waals surface area contributed by atoms with Gasteiger partial charge in [-0.05, 0) is 0 Å². The molecule has 0 atom stereocenters. The molecule has 0 fully saturated rings. The molecule has 2 aromatic heterocycles. The van der Waals surface area contributed by atoms with E-state index >= 15 is 0 Å². The lowest BCUT2D eigenvalue weighted by Crippen LogP contribution is -2.01. The Bertz CT molecular complexity index is 487. The van der Waals surface area contributed by atoms with Crippen LogP contribution in [0.15, 0.2) is 12.4 Å². The van der Waals surface area contributed by atoms with E-state index in [2.05, 4.69) is 20.6 Å². The first-order valence-corrected chi connectivity index (χ1v) is 4.14. The molecular weight excluding hydrogens is 200 g/mol. The average Bonchev–Trinajstić information content (AvgIpc) is 2.76. The second kappa shape index (κ2) is 3.48. The summed E-state index contributed by atoms with van der Waals surface area (Å²) in [5.41, 5.74) is 0.609. The molecule has 0 saturated heterocycles. The van der Waals surface area contributed by atoms with Gasteiger partial charge < -0.3 is 5.11 Å². The van der Waals surface area contributed by atoms with Gasteiger partial charge in [-0.2, -0.15) is 0 Å². The van der Waals surface area contributed by atoms with Crippen molar-refractivity contribution in [2.75, 3.05) is 0 Å². The van der Waals surface area contributed by atoms with Crippen LogP contribution in [0.5, 0.6) is 0 Å². The molecule has 8 nitrogen and oxygen atoms in total. The first-order valence-electron chi connectivity index (χ1n) is 4.14. The Morgan fingerprint density at radius 3 is 2.73 bits per heavy atom. The van der Waals surface area contributed by atoms with Crippen LogP contribution in [0.3, 0.4) is 0 Å². The molecule has 0 saturated carbocycles. The molecule has 0 radical (unpaired) electrons. The maximum Gasteiger partial charge on any atom is 0.358 e. The van der Waals surface area contributed by atoms with Crippen LogP contribution in [0.2, 0.25) is 0 Å². The van der Waals surface area contributed by atoms with Crippen molar-refractivity contribution in [3.05, 3.63) is 23.8 Å². The molecule has 0 aliphatic carbocycles. The van der Waals surface area contributed by atoms with Crippen LogP contribution in [0, 0.1) is 0 Å². The van der Waals surface area contributed by atoms with Crippen LogP contribution in [-0.4, -0.2) is 41.1 Å². The van der Waals surface area contributed by atoms with E-state index in [9.17, 15) is 4.79 Å². The molecule has 0 aliphatic rings. The zero-order chi connectivity index (χ0) is 10.8. The van der Waals surface area contributed by atoms with Gasteiger partial charge in [0, 0.05) is 13.2 Å². The summed E-state index contributed by atoms with van der Waals surface area (Å²) in [5, 5.41) is 23.3. The van der Waals surface area contributed by atoms with Crippen LogP contribution >= 0.6 is 0 Å². The number of aromatic nitrogens is 6. The summed E-state index contributed by atoms with van der Waals surface area (Å²) in [7, 11) is 1.75. The molecule has 2 rings (SSSR count). The van der Waals surface area contributed by atoms with Gasteiger partial charge in [-0.25, -0.2) is 9.48 Å². The topological polar surface area (TPSA) is 98.7 Å². The number of hydrogen-bond acceptors (Lipinski definition) is 5. The number of rotatable bonds is 3. The summed E-state index contributed by atoms with van der Waals surface area (Å²) in [6.07, 6.45) is 3.07. The highest BCUT2D eigenvalue weighted by Crippen LogP contribution is 1.97. The third-order valence-corrected chi connectivity index (χ3v) is 1.73. The fraction of sp³-hybridized carbons (Fsp3) is 0.286. The molecule has 0 aliphatic heterocycles. The standard InChI is InChI=1S/C7H8N6O2/c1-12-2-5(8-10-12)3-13-4-6(7(14)15)9-11-13/h2,4H,3H2,1H3,(H,14,15). The van der Waals surface area contributed by atoms with Crippen molar-refractivity contribution < 1.29 is 9.90 Å². The fourth-order valence-electron chi connectivity index (χ4n) is 1.11. The van der Waals surface area contributed by atoms with Crippen molar-refractivity contribution in [2.45, 2.75) is 6.54 Å². The quantitative estimate of drug-likeness (QED) is 0.705. The minimum Gasteiger partial charge on any atom is -0.476 e. The third-order valence-electron chi connectivity index (χ3n) is 1.73. The van der Waals surface area contributed by atoms with Crippen molar-refractivity contribution in [1.29, 1.82) is 0 Å². The van der Waals surface area contributed by atoms with Gasteiger partial charge in [0.2, 0.25) is 0 Å². The highest BCUT2D eigenvalue weighted by molar-refractivity contribution is 5.84. The Kier molecular flexibility index (Phi) is 2.16. The van der Waals surface area contributed by atoms with E-state index < -0.39 is 5.97 Å². The fourth-order valence-corrected chi connectivity index (χ4v) is 1.11. The van der Waals surface area contributed by atoms with Crippen LogP contribution in [0.4, 0.5) is 0 Å². The molecule has 1 N–H and O–H groups in total. The summed E-state index contributed by atoms with van der Waals surface area (Å²) in [6.45, 7) is 0.355. The molecule has 0 amide bonds. The Morgan fingerprint density at radius 1 is 1.40 bits per heavy atom. The van der Waals surface area contributed by atoms with Gasteiger partial charge in [0.05, 0.1) is 12.7 Å². The molecule has 2 aromatic rings. The van der Waals surface area contributed by atoms with Gasteiger partial charge in [-0.15, -0.1) is 10.2 Å². The minimum absolute atomic E-state index is 0.0844. The first-order chi connectivity index (χ1) is 7.15. The molecule has 8 heteroatoms. The molecule has 0 aromatic carbocycles. The highest BCUT2D eigenvalue weighted by atomic mass is 16.4. The van der Waals surface area contributed by atoms with E-state index in [0.717, 1.165) is 0 Å². The lowest BCUT2D eigenvalue weighted by atomic mass is 10.4. The lowest BCUT2D eigenvalue weighted by molar-refractivity contribution is 0.0690. The van der Waals surface area contributed by atoms with Crippen molar-refractivity contribution in [1.82, 2.24) is 30.0 Å². The number of carboxylic acids is 1. The molecule has 15 heavy (non-hydrogen) atoms. The van der Waals surface area contributed by atoms with Gasteiger partial charge in [-0.3, -0.25) is 4.68 Å². The maximum absolute atomic E-state index is 10.5. The van der Waals surface area contributed by atoms with Crippen molar-refractivity contribution in [2.24, 2.45) is 7.05 Å². The van der Waals surface area contributed by atoms with Crippen LogP contribution in [-0.2, 0) is 13.6 Å². The number of hydrogen-bond donors (Lipinski definition) is 1. The molecule has 0 spiro atoms. The number of carboxylic acid groups (broad SMARTS) is 1. The summed E-state index contributed by atoms with van der Waals surface area (Å²) >= 11 is 0. The SMILES string of the molecule is Cn1cc(Cn2cc(C(=O)O)nn2)nn1. The van der Waals surface area contributed by atoms with E-state index in [0.29, 0.717) is 12.2 Å². The van der Waals surface area contributed by atoms with Gasteiger partial charge in [-0.1, -0.05) is 10.4 Å². The largest absolute Gasteiger partial charge is 0.476 e. The van der Waals surface area contributed by atoms with Crippen molar-refractivity contribution in [3.8, 4) is 0 Å². The van der Waals surface area contributed by atoms with E-state index in [4.69, 9.17) is 5.11 Å². The highest BCUT2D eigenvalue weighted by Gasteiger charge is 2.09. The molecule has 0 bridgehead atoms. The summed E-state index contributed by atoms with van der Waals surface area (Å²) in [5.74, 6) is -1.10. The van der Waals surface area contributed by atoms with E-state index in [1.54, 1.807) is 17.9 Å². The number of nitrogens with zero attached hydrogens (tertiary/aromatic N) is 6. The van der Waals surface area contributed by atoms with Crippen molar-refractivity contribution >= 4 is 5.97 Å². The number of aromatic carboxylic acids is 1. The van der Waals surface area contributed by atoms with E-state index in [1.165, 1.54) is 10.9 Å². The Morgan fingerprint density at radius 2 is 2.20 bits per heavy atom. The van der Waals surface area contributed by atoms with Gasteiger partial charge in [0.1, 0.15) is 5.69 Å². The molecular formula is C7H8N6O2. The van der Waals surface area contributed by atoms with Gasteiger partial charge in [0.25, 0.3) is 0 Å². The van der Waals surface area contributed by atoms with E-state index in [1.807, 2.05) is 0 Å². The van der Waals surface area contributed by atoms with E-state index in [-0.39, 0.29) is 5.69 Å². The normalized spacial score (nSPS) is 10.5. The zero-order valence-electron chi connectivity index (χ0n) is 7.90. The Balaban J connectivity index is 2.14. The second-order valence-corrected chi connectivity index (χ2v) is 2.99.